The van der Waals surface area contributed by atoms with Gasteiger partial charge in [0.25, 0.3) is 5.91 Å². The monoisotopic (exact) mass is 455 g/mol. The average Bonchev–Trinajstić information content (AvgIpc) is 3.13. The van der Waals surface area contributed by atoms with Crippen molar-refractivity contribution in [3.63, 3.8) is 0 Å². The van der Waals surface area contributed by atoms with E-state index in [-0.39, 0.29) is 12.5 Å². The van der Waals surface area contributed by atoms with E-state index < -0.39 is 5.97 Å². The van der Waals surface area contributed by atoms with E-state index in [1.807, 2.05) is 66.0 Å². The van der Waals surface area contributed by atoms with Gasteiger partial charge in [-0.15, -0.1) is 11.3 Å². The van der Waals surface area contributed by atoms with Crippen LogP contribution < -0.4 is 5.32 Å². The minimum Gasteiger partial charge on any atom is -0.462 e. The summed E-state index contributed by atoms with van der Waals surface area (Å²) >= 11 is 4.62. The van der Waals surface area contributed by atoms with Crippen LogP contribution in [0.2, 0.25) is 0 Å². The van der Waals surface area contributed by atoms with Gasteiger partial charge in [0.05, 0.1) is 11.1 Å². The number of halogens is 1. The van der Waals surface area contributed by atoms with E-state index in [4.69, 9.17) is 4.74 Å². The molecule has 1 N–H and O–H groups in total. The van der Waals surface area contributed by atoms with Crippen molar-refractivity contribution in [2.45, 2.75) is 6.92 Å². The quantitative estimate of drug-likeness (QED) is 0.368. The molecule has 0 saturated heterocycles. The molecule has 1 heterocycles. The van der Waals surface area contributed by atoms with Crippen molar-refractivity contribution >= 4 is 50.2 Å². The second kappa shape index (κ2) is 9.48. The van der Waals surface area contributed by atoms with Crippen LogP contribution in [0.15, 0.2) is 70.5 Å². The number of hydrogen-bond acceptors (Lipinski definition) is 4. The third kappa shape index (κ3) is 4.77. The number of thiophene rings is 1. The van der Waals surface area contributed by atoms with Crippen molar-refractivity contribution in [3.05, 3.63) is 81.7 Å². The van der Waals surface area contributed by atoms with Crippen molar-refractivity contribution in [3.8, 4) is 11.1 Å². The normalized spacial score (nSPS) is 11.1. The van der Waals surface area contributed by atoms with E-state index in [1.165, 1.54) is 11.3 Å². The summed E-state index contributed by atoms with van der Waals surface area (Å²) in [6.45, 7) is 2.01. The van der Waals surface area contributed by atoms with Gasteiger partial charge in [0, 0.05) is 10.9 Å². The highest BCUT2D eigenvalue weighted by molar-refractivity contribution is 9.12. The average molecular weight is 456 g/mol. The van der Waals surface area contributed by atoms with Crippen LogP contribution in [0.5, 0.6) is 0 Å². The third-order valence-corrected chi connectivity index (χ3v) is 5.38. The molecule has 28 heavy (non-hydrogen) atoms. The maximum Gasteiger partial charge on any atom is 0.341 e. The van der Waals surface area contributed by atoms with Crippen LogP contribution in [-0.4, -0.2) is 18.5 Å². The molecule has 3 aromatic rings. The molecular weight excluding hydrogens is 438 g/mol. The van der Waals surface area contributed by atoms with Crippen LogP contribution in [0.25, 0.3) is 17.2 Å². The van der Waals surface area contributed by atoms with Gasteiger partial charge in [-0.3, -0.25) is 4.79 Å². The Hall–Kier alpha value is -2.70. The summed E-state index contributed by atoms with van der Waals surface area (Å²) in [7, 11) is 0. The molecule has 3 rings (SSSR count). The van der Waals surface area contributed by atoms with Gasteiger partial charge in [-0.25, -0.2) is 4.79 Å². The lowest BCUT2D eigenvalue weighted by Crippen LogP contribution is -2.14. The molecule has 0 aliphatic heterocycles. The van der Waals surface area contributed by atoms with Crippen molar-refractivity contribution in [2.24, 2.45) is 0 Å². The maximum absolute atomic E-state index is 12.6. The van der Waals surface area contributed by atoms with Gasteiger partial charge in [-0.2, -0.15) is 0 Å². The number of anilines is 1. The van der Waals surface area contributed by atoms with Gasteiger partial charge >= 0.3 is 5.97 Å². The first-order valence-electron chi connectivity index (χ1n) is 8.67. The van der Waals surface area contributed by atoms with Crippen molar-refractivity contribution in [1.29, 1.82) is 0 Å². The zero-order valence-electron chi connectivity index (χ0n) is 15.1. The number of carbonyl (C=O) groups is 2. The lowest BCUT2D eigenvalue weighted by Gasteiger charge is -2.08. The molecule has 0 spiro atoms. The molecule has 1 amide bonds. The molecule has 2 aromatic carbocycles. The predicted octanol–water partition coefficient (Wildman–Crippen LogP) is 5.97. The third-order valence-electron chi connectivity index (χ3n) is 3.89. The molecule has 0 bridgehead atoms. The van der Waals surface area contributed by atoms with E-state index in [9.17, 15) is 9.59 Å². The zero-order chi connectivity index (χ0) is 19.9. The summed E-state index contributed by atoms with van der Waals surface area (Å²) < 4.78 is 5.58. The number of amides is 1. The molecule has 0 saturated carbocycles. The van der Waals surface area contributed by atoms with Crippen molar-refractivity contribution < 1.29 is 14.3 Å². The first-order valence-corrected chi connectivity index (χ1v) is 10.3. The summed E-state index contributed by atoms with van der Waals surface area (Å²) in [6, 6.07) is 19.1. The fourth-order valence-electron chi connectivity index (χ4n) is 2.61. The summed E-state index contributed by atoms with van der Waals surface area (Å²) in [5, 5.41) is 5.14. The number of hydrogen-bond donors (Lipinski definition) is 1. The van der Waals surface area contributed by atoms with Crippen LogP contribution in [0, 0.1) is 0 Å². The van der Waals surface area contributed by atoms with E-state index in [1.54, 1.807) is 13.0 Å². The minimum absolute atomic E-state index is 0.258. The lowest BCUT2D eigenvalue weighted by molar-refractivity contribution is -0.112. The molecule has 0 aliphatic rings. The van der Waals surface area contributed by atoms with Gasteiger partial charge in [0.15, 0.2) is 0 Å². The van der Waals surface area contributed by atoms with Crippen LogP contribution in [0.4, 0.5) is 5.00 Å². The zero-order valence-corrected chi connectivity index (χ0v) is 17.5. The number of carbonyl (C=O) groups excluding carboxylic acids is 2. The largest absolute Gasteiger partial charge is 0.462 e. The Kier molecular flexibility index (Phi) is 6.79. The van der Waals surface area contributed by atoms with E-state index >= 15 is 0 Å². The predicted molar refractivity (Wildman–Crippen MR) is 118 cm³/mol. The first-order chi connectivity index (χ1) is 13.6. The van der Waals surface area contributed by atoms with E-state index in [2.05, 4.69) is 21.2 Å². The topological polar surface area (TPSA) is 55.4 Å². The SMILES string of the molecule is CCOC(=O)c1c(-c2ccccc2)csc1NC(=O)/C(Br)=C/c1ccccc1. The Morgan fingerprint density at radius 1 is 1.07 bits per heavy atom. The fourth-order valence-corrected chi connectivity index (χ4v) is 3.93. The van der Waals surface area contributed by atoms with E-state index in [0.717, 1.165) is 16.7 Å². The van der Waals surface area contributed by atoms with Gasteiger partial charge < -0.3 is 10.1 Å². The molecular formula is C22H18BrNO3S. The molecule has 0 atom stereocenters. The summed E-state index contributed by atoms with van der Waals surface area (Å²) in [5.74, 6) is -0.795. The Morgan fingerprint density at radius 3 is 2.36 bits per heavy atom. The number of nitrogens with one attached hydrogen (secondary N) is 1. The summed E-state index contributed by atoms with van der Waals surface area (Å²) in [6.07, 6.45) is 1.73. The van der Waals surface area contributed by atoms with Gasteiger partial charge in [-0.05, 0) is 40.1 Å². The highest BCUT2D eigenvalue weighted by Crippen LogP contribution is 2.36. The Bertz CT molecular complexity index is 997. The standard InChI is InChI=1S/C22H18BrNO3S/c1-2-27-22(26)19-17(16-11-7-4-8-12-16)14-28-21(19)24-20(25)18(23)13-15-9-5-3-6-10-15/h3-14H,2H2,1H3,(H,24,25)/b18-13-. The van der Waals surface area contributed by atoms with Crippen molar-refractivity contribution in [1.82, 2.24) is 0 Å². The smallest absolute Gasteiger partial charge is 0.341 e. The highest BCUT2D eigenvalue weighted by atomic mass is 79.9. The maximum atomic E-state index is 12.6. The van der Waals surface area contributed by atoms with Gasteiger partial charge in [0.2, 0.25) is 0 Å². The molecule has 1 aromatic heterocycles. The minimum atomic E-state index is -0.457. The van der Waals surface area contributed by atoms with Crippen LogP contribution in [0.3, 0.4) is 0 Å². The Balaban J connectivity index is 1.91. The fraction of sp³-hybridized carbons (Fsp3) is 0.0909. The first kappa shape index (κ1) is 20.0. The lowest BCUT2D eigenvalue weighted by atomic mass is 10.0. The second-order valence-electron chi connectivity index (χ2n) is 5.80. The number of rotatable bonds is 6. The summed E-state index contributed by atoms with van der Waals surface area (Å²) in [4.78, 5) is 25.2. The molecule has 142 valence electrons. The number of esters is 1. The number of ether oxygens (including phenoxy) is 1. The van der Waals surface area contributed by atoms with E-state index in [0.29, 0.717) is 15.0 Å². The van der Waals surface area contributed by atoms with Crippen LogP contribution in [-0.2, 0) is 9.53 Å². The Labute approximate surface area is 176 Å². The van der Waals surface area contributed by atoms with Crippen LogP contribution >= 0.6 is 27.3 Å². The number of benzene rings is 2. The molecule has 0 radical (unpaired) electrons. The molecule has 0 aliphatic carbocycles. The van der Waals surface area contributed by atoms with Crippen molar-refractivity contribution in [2.75, 3.05) is 11.9 Å². The Morgan fingerprint density at radius 2 is 1.71 bits per heavy atom. The summed E-state index contributed by atoms with van der Waals surface area (Å²) in [5.41, 5.74) is 2.89. The highest BCUT2D eigenvalue weighted by Gasteiger charge is 2.23. The molecule has 0 unspecified atom stereocenters. The van der Waals surface area contributed by atoms with Gasteiger partial charge in [-0.1, -0.05) is 60.7 Å². The van der Waals surface area contributed by atoms with Gasteiger partial charge in [0.1, 0.15) is 10.6 Å². The molecule has 0 fully saturated rings. The van der Waals surface area contributed by atoms with Crippen LogP contribution in [0.1, 0.15) is 22.8 Å². The molecule has 4 nitrogen and oxygen atoms in total. The molecule has 6 heteroatoms. The second-order valence-corrected chi connectivity index (χ2v) is 7.53.